The number of thiazole rings is 1. The average molecular weight is 285 g/mol. The number of ether oxygens (including phenoxy) is 1. The molecule has 0 spiro atoms. The van der Waals surface area contributed by atoms with Gasteiger partial charge in [-0.05, 0) is 26.0 Å². The van der Waals surface area contributed by atoms with Gasteiger partial charge in [-0.3, -0.25) is 4.79 Å². The number of halogens is 1. The highest BCUT2D eigenvalue weighted by molar-refractivity contribution is 7.16. The summed E-state index contributed by atoms with van der Waals surface area (Å²) in [5, 5.41) is 3.22. The van der Waals surface area contributed by atoms with Gasteiger partial charge in [-0.2, -0.15) is 0 Å². The van der Waals surface area contributed by atoms with Crippen LogP contribution in [-0.2, 0) is 9.53 Å². The monoisotopic (exact) mass is 284 g/mol. The molecule has 0 aliphatic carbocycles. The topological polar surface area (TPSA) is 51.2 Å². The highest BCUT2D eigenvalue weighted by atomic mass is 35.5. The number of nitrogens with zero attached hydrogens (tertiary/aromatic N) is 1. The van der Waals surface area contributed by atoms with Gasteiger partial charge in [-0.25, -0.2) is 4.98 Å². The zero-order chi connectivity index (χ0) is 13.1. The molecular formula is C12H13ClN2O2S. The lowest BCUT2D eigenvalue weighted by Crippen LogP contribution is -2.21. The average Bonchev–Trinajstić information content (AvgIpc) is 2.78. The number of fused-ring (bicyclic) bond motifs is 1. The fourth-order valence-electron chi connectivity index (χ4n) is 1.44. The smallest absolute Gasteiger partial charge is 0.250 e. The van der Waals surface area contributed by atoms with Crippen LogP contribution in [0.1, 0.15) is 13.8 Å². The molecule has 0 saturated carbocycles. The Kier molecular flexibility index (Phi) is 4.16. The molecule has 6 heteroatoms. The van der Waals surface area contributed by atoms with Crippen LogP contribution in [0.15, 0.2) is 17.6 Å². The number of benzene rings is 1. The molecule has 4 nitrogen and oxygen atoms in total. The summed E-state index contributed by atoms with van der Waals surface area (Å²) < 4.78 is 6.22. The van der Waals surface area contributed by atoms with Crippen LogP contribution in [0.25, 0.3) is 10.2 Å². The summed E-state index contributed by atoms with van der Waals surface area (Å²) in [6.45, 7) is 3.76. The maximum absolute atomic E-state index is 11.7. The van der Waals surface area contributed by atoms with Crippen molar-refractivity contribution in [2.75, 3.05) is 11.9 Å². The maximum atomic E-state index is 11.7. The Bertz CT molecular complexity index is 568. The number of hydrogen-bond donors (Lipinski definition) is 1. The minimum atomic E-state index is -0.230. The van der Waals surface area contributed by atoms with Crippen molar-refractivity contribution in [2.24, 2.45) is 0 Å². The Morgan fingerprint density at radius 3 is 3.06 bits per heavy atom. The van der Waals surface area contributed by atoms with Crippen molar-refractivity contribution >= 4 is 44.7 Å². The number of nitrogens with one attached hydrogen (secondary N) is 1. The van der Waals surface area contributed by atoms with Gasteiger partial charge in [0.15, 0.2) is 0 Å². The number of rotatable bonds is 4. The SMILES string of the molecule is CC(C)OCC(=O)Nc1c(Cl)ccc2scnc12. The minimum Gasteiger partial charge on any atom is -0.369 e. The summed E-state index contributed by atoms with van der Waals surface area (Å²) in [4.78, 5) is 15.9. The number of carbonyl (C=O) groups excluding carboxylic acids is 1. The molecule has 96 valence electrons. The van der Waals surface area contributed by atoms with Gasteiger partial charge in [-0.1, -0.05) is 11.6 Å². The van der Waals surface area contributed by atoms with Crippen molar-refractivity contribution in [1.29, 1.82) is 0 Å². The molecule has 0 unspecified atom stereocenters. The Labute approximate surface area is 114 Å². The molecule has 1 aromatic heterocycles. The van der Waals surface area contributed by atoms with Gasteiger partial charge in [0.05, 0.1) is 27.0 Å². The quantitative estimate of drug-likeness (QED) is 0.937. The molecule has 2 aromatic rings. The first-order chi connectivity index (χ1) is 8.58. The third kappa shape index (κ3) is 2.98. The van der Waals surface area contributed by atoms with Gasteiger partial charge >= 0.3 is 0 Å². The second-order valence-electron chi connectivity index (χ2n) is 4.03. The van der Waals surface area contributed by atoms with Crippen molar-refractivity contribution in [3.63, 3.8) is 0 Å². The molecule has 18 heavy (non-hydrogen) atoms. The van der Waals surface area contributed by atoms with E-state index >= 15 is 0 Å². The third-order valence-corrected chi connectivity index (χ3v) is 3.37. The van der Waals surface area contributed by atoms with Crippen LogP contribution in [-0.4, -0.2) is 23.6 Å². The molecule has 0 aliphatic heterocycles. The first-order valence-electron chi connectivity index (χ1n) is 5.51. The molecule has 1 N–H and O–H groups in total. The number of aromatic nitrogens is 1. The molecule has 0 bridgehead atoms. The van der Waals surface area contributed by atoms with E-state index in [1.807, 2.05) is 19.9 Å². The van der Waals surface area contributed by atoms with E-state index < -0.39 is 0 Å². The van der Waals surface area contributed by atoms with Gasteiger partial charge in [-0.15, -0.1) is 11.3 Å². The van der Waals surface area contributed by atoms with Crippen molar-refractivity contribution in [1.82, 2.24) is 4.98 Å². The van der Waals surface area contributed by atoms with Crippen LogP contribution >= 0.6 is 22.9 Å². The Hall–Kier alpha value is -1.17. The summed E-state index contributed by atoms with van der Waals surface area (Å²) >= 11 is 7.58. The zero-order valence-electron chi connectivity index (χ0n) is 10.1. The van der Waals surface area contributed by atoms with Crippen LogP contribution in [0.3, 0.4) is 0 Å². The summed E-state index contributed by atoms with van der Waals surface area (Å²) in [7, 11) is 0. The zero-order valence-corrected chi connectivity index (χ0v) is 11.6. The molecule has 0 fully saturated rings. The van der Waals surface area contributed by atoms with E-state index in [1.54, 1.807) is 11.6 Å². The van der Waals surface area contributed by atoms with Gasteiger partial charge in [0.25, 0.3) is 0 Å². The van der Waals surface area contributed by atoms with Crippen LogP contribution in [0, 0.1) is 0 Å². The van der Waals surface area contributed by atoms with Crippen LogP contribution in [0.2, 0.25) is 5.02 Å². The fraction of sp³-hybridized carbons (Fsp3) is 0.333. The van der Waals surface area contributed by atoms with Gasteiger partial charge < -0.3 is 10.1 Å². The molecule has 1 amide bonds. The lowest BCUT2D eigenvalue weighted by molar-refractivity contribution is -0.121. The van der Waals surface area contributed by atoms with Crippen LogP contribution in [0.4, 0.5) is 5.69 Å². The van der Waals surface area contributed by atoms with E-state index in [9.17, 15) is 4.79 Å². The predicted molar refractivity (Wildman–Crippen MR) is 74.3 cm³/mol. The van der Waals surface area contributed by atoms with Gasteiger partial charge in [0, 0.05) is 0 Å². The Morgan fingerprint density at radius 1 is 1.56 bits per heavy atom. The molecule has 1 heterocycles. The fourth-order valence-corrected chi connectivity index (χ4v) is 2.33. The number of carbonyl (C=O) groups is 1. The second kappa shape index (κ2) is 5.65. The lowest BCUT2D eigenvalue weighted by atomic mass is 10.3. The molecule has 0 saturated heterocycles. The van der Waals surface area contributed by atoms with E-state index in [2.05, 4.69) is 10.3 Å². The van der Waals surface area contributed by atoms with Crippen molar-refractivity contribution in [3.05, 3.63) is 22.7 Å². The number of amides is 1. The largest absolute Gasteiger partial charge is 0.369 e. The van der Waals surface area contributed by atoms with Gasteiger partial charge in [0.1, 0.15) is 12.1 Å². The lowest BCUT2D eigenvalue weighted by Gasteiger charge is -2.10. The van der Waals surface area contributed by atoms with E-state index in [-0.39, 0.29) is 18.6 Å². The molecule has 0 radical (unpaired) electrons. The standard InChI is InChI=1S/C12H13ClN2O2S/c1-7(2)17-5-10(16)15-11-8(13)3-4-9-12(11)14-6-18-9/h3-4,6-7H,5H2,1-2H3,(H,15,16). The minimum absolute atomic E-state index is 0.00845. The van der Waals surface area contributed by atoms with Crippen LogP contribution in [0.5, 0.6) is 0 Å². The summed E-state index contributed by atoms with van der Waals surface area (Å²) in [5.74, 6) is -0.230. The maximum Gasteiger partial charge on any atom is 0.250 e. The highest BCUT2D eigenvalue weighted by Gasteiger charge is 2.12. The van der Waals surface area contributed by atoms with E-state index in [0.29, 0.717) is 16.2 Å². The number of anilines is 1. The number of hydrogen-bond acceptors (Lipinski definition) is 4. The molecule has 0 aliphatic rings. The van der Waals surface area contributed by atoms with Crippen LogP contribution < -0.4 is 5.32 Å². The summed E-state index contributed by atoms with van der Waals surface area (Å²) in [6, 6.07) is 3.64. The third-order valence-electron chi connectivity index (χ3n) is 2.26. The Balaban J connectivity index is 2.18. The second-order valence-corrected chi connectivity index (χ2v) is 5.32. The predicted octanol–water partition coefficient (Wildman–Crippen LogP) is 3.31. The Morgan fingerprint density at radius 2 is 2.33 bits per heavy atom. The molecule has 0 atom stereocenters. The highest BCUT2D eigenvalue weighted by Crippen LogP contribution is 2.32. The van der Waals surface area contributed by atoms with E-state index in [1.165, 1.54) is 11.3 Å². The molecular weight excluding hydrogens is 272 g/mol. The van der Waals surface area contributed by atoms with Crippen molar-refractivity contribution in [3.8, 4) is 0 Å². The normalized spacial score (nSPS) is 11.1. The first kappa shape index (κ1) is 13.3. The molecule has 2 rings (SSSR count). The summed E-state index contributed by atoms with van der Waals surface area (Å²) in [6.07, 6.45) is 0.0151. The van der Waals surface area contributed by atoms with E-state index in [4.69, 9.17) is 16.3 Å². The first-order valence-corrected chi connectivity index (χ1v) is 6.77. The van der Waals surface area contributed by atoms with Crippen molar-refractivity contribution in [2.45, 2.75) is 20.0 Å². The molecule has 1 aromatic carbocycles. The van der Waals surface area contributed by atoms with Gasteiger partial charge in [0.2, 0.25) is 5.91 Å². The summed E-state index contributed by atoms with van der Waals surface area (Å²) in [5.41, 5.74) is 2.99. The van der Waals surface area contributed by atoms with Crippen molar-refractivity contribution < 1.29 is 9.53 Å². The van der Waals surface area contributed by atoms with E-state index in [0.717, 1.165) is 4.70 Å².